The molecule has 0 saturated carbocycles. The summed E-state index contributed by atoms with van der Waals surface area (Å²) in [7, 11) is 2.51. The van der Waals surface area contributed by atoms with E-state index in [1.807, 2.05) is 18.2 Å². The van der Waals surface area contributed by atoms with Crippen LogP contribution in [0.15, 0.2) is 52.8 Å². The third kappa shape index (κ3) is 4.62. The smallest absolute Gasteiger partial charge is 0.338 e. The van der Waals surface area contributed by atoms with Gasteiger partial charge >= 0.3 is 11.7 Å². The Hall–Kier alpha value is -3.77. The molecule has 0 saturated heterocycles. The summed E-state index contributed by atoms with van der Waals surface area (Å²) >= 11 is 7.59. The van der Waals surface area contributed by atoms with Gasteiger partial charge in [0.2, 0.25) is 16.9 Å². The van der Waals surface area contributed by atoms with Gasteiger partial charge in [-0.2, -0.15) is 4.98 Å². The number of nitrogens with one attached hydrogen (secondary N) is 1. The number of ether oxygens (including phenoxy) is 2. The third-order valence-electron chi connectivity index (χ3n) is 5.36. The number of phenolic OH excluding ortho intramolecular Hbond substituents is 1. The molecule has 1 atom stereocenters. The summed E-state index contributed by atoms with van der Waals surface area (Å²) in [5, 5.41) is 30.4. The quantitative estimate of drug-likeness (QED) is 0.201. The van der Waals surface area contributed by atoms with Crippen LogP contribution in [0.25, 0.3) is 0 Å². The fraction of sp³-hybridized carbons (Fsp3) is 0.227. The van der Waals surface area contributed by atoms with Crippen molar-refractivity contribution in [2.45, 2.75) is 23.9 Å². The third-order valence-corrected chi connectivity index (χ3v) is 6.62. The largest absolute Gasteiger partial charge is 0.500 e. The minimum atomic E-state index is -0.936. The van der Waals surface area contributed by atoms with Crippen molar-refractivity contribution in [3.05, 3.63) is 73.9 Å². The number of hydrogen-bond acceptors (Lipinski definition) is 10. The normalized spacial score (nSPS) is 14.8. The molecule has 2 N–H and O–H groups in total. The van der Waals surface area contributed by atoms with E-state index in [2.05, 4.69) is 15.4 Å². The molecule has 0 radical (unpaired) electrons. The highest BCUT2D eigenvalue weighted by molar-refractivity contribution is 7.98. The number of carbonyl (C=O) groups is 1. The second-order valence-corrected chi connectivity index (χ2v) is 8.80. The van der Waals surface area contributed by atoms with Crippen LogP contribution in [0.2, 0.25) is 5.02 Å². The zero-order valence-corrected chi connectivity index (χ0v) is 20.4. The lowest BCUT2D eigenvalue weighted by Gasteiger charge is -2.28. The minimum absolute atomic E-state index is 0.121. The van der Waals surface area contributed by atoms with Crippen LogP contribution in [0.5, 0.6) is 11.5 Å². The first-order chi connectivity index (χ1) is 16.7. The SMILES string of the molecule is COC(=O)C1=C(C)Nc2nc(SCc3ccccc3Cl)nn2C1c1cc(OC)c(O)c([N+](=O)[O-])c1. The number of hydrogen-bond donors (Lipinski definition) is 2. The van der Waals surface area contributed by atoms with Gasteiger partial charge in [-0.3, -0.25) is 10.1 Å². The highest BCUT2D eigenvalue weighted by atomic mass is 35.5. The van der Waals surface area contributed by atoms with Crippen LogP contribution in [-0.2, 0) is 15.3 Å². The van der Waals surface area contributed by atoms with Crippen molar-refractivity contribution in [3.8, 4) is 11.5 Å². The van der Waals surface area contributed by atoms with Gasteiger partial charge in [0, 0.05) is 22.5 Å². The Bertz CT molecular complexity index is 1360. The van der Waals surface area contributed by atoms with Gasteiger partial charge in [-0.15, -0.1) is 5.10 Å². The lowest BCUT2D eigenvalue weighted by atomic mass is 9.95. The number of carbonyl (C=O) groups excluding carboxylic acids is 1. The van der Waals surface area contributed by atoms with Gasteiger partial charge in [-0.05, 0) is 30.2 Å². The maximum atomic E-state index is 12.8. The number of aromatic hydroxyl groups is 1. The summed E-state index contributed by atoms with van der Waals surface area (Å²) in [5.74, 6) is -0.560. The highest BCUT2D eigenvalue weighted by Gasteiger charge is 2.37. The summed E-state index contributed by atoms with van der Waals surface area (Å²) in [6, 6.07) is 9.06. The van der Waals surface area contributed by atoms with Gasteiger partial charge in [0.1, 0.15) is 6.04 Å². The maximum absolute atomic E-state index is 12.8. The average molecular weight is 518 g/mol. The Morgan fingerprint density at radius 1 is 1.34 bits per heavy atom. The molecule has 1 aliphatic rings. The van der Waals surface area contributed by atoms with Crippen LogP contribution in [0.3, 0.4) is 0 Å². The van der Waals surface area contributed by atoms with E-state index < -0.39 is 28.4 Å². The van der Waals surface area contributed by atoms with E-state index in [0.29, 0.717) is 27.6 Å². The monoisotopic (exact) mass is 517 g/mol. The fourth-order valence-electron chi connectivity index (χ4n) is 3.70. The Morgan fingerprint density at radius 3 is 2.74 bits per heavy atom. The standard InChI is InChI=1S/C22H20ClN5O6S/c1-11-17(20(30)34-3)18(13-8-15(28(31)32)19(29)16(9-13)33-2)27-21(24-11)25-22(26-27)35-10-12-6-4-5-7-14(12)23/h4-9,18,29H,10H2,1-3H3,(H,24,25,26). The lowest BCUT2D eigenvalue weighted by molar-refractivity contribution is -0.386. The van der Waals surface area contributed by atoms with Gasteiger partial charge in [0.15, 0.2) is 5.75 Å². The summed E-state index contributed by atoms with van der Waals surface area (Å²) in [6.45, 7) is 1.67. The molecule has 4 rings (SSSR count). The molecule has 11 nitrogen and oxygen atoms in total. The number of benzene rings is 2. The van der Waals surface area contributed by atoms with Crippen molar-refractivity contribution in [2.24, 2.45) is 0 Å². The molecule has 0 fully saturated rings. The molecular weight excluding hydrogens is 498 g/mol. The Kier molecular flexibility index (Phi) is 6.85. The predicted molar refractivity (Wildman–Crippen MR) is 129 cm³/mol. The summed E-state index contributed by atoms with van der Waals surface area (Å²) < 4.78 is 11.6. The molecule has 182 valence electrons. The first-order valence-electron chi connectivity index (χ1n) is 10.2. The van der Waals surface area contributed by atoms with E-state index in [4.69, 9.17) is 21.1 Å². The Balaban J connectivity index is 1.81. The van der Waals surface area contributed by atoms with Gasteiger partial charge in [-0.25, -0.2) is 9.48 Å². The van der Waals surface area contributed by atoms with Crippen LogP contribution >= 0.6 is 23.4 Å². The maximum Gasteiger partial charge on any atom is 0.338 e. The average Bonchev–Trinajstić information content (AvgIpc) is 3.24. The molecule has 35 heavy (non-hydrogen) atoms. The highest BCUT2D eigenvalue weighted by Crippen LogP contribution is 2.43. The van der Waals surface area contributed by atoms with Crippen molar-refractivity contribution >= 4 is 41.0 Å². The molecule has 2 aromatic carbocycles. The second kappa shape index (κ2) is 9.84. The second-order valence-electron chi connectivity index (χ2n) is 7.45. The van der Waals surface area contributed by atoms with E-state index in [9.17, 15) is 20.0 Å². The summed E-state index contributed by atoms with van der Waals surface area (Å²) in [4.78, 5) is 28.1. The van der Waals surface area contributed by atoms with Gasteiger partial charge in [-0.1, -0.05) is 41.6 Å². The zero-order valence-electron chi connectivity index (χ0n) is 18.8. The van der Waals surface area contributed by atoms with Gasteiger partial charge < -0.3 is 19.9 Å². The number of methoxy groups -OCH3 is 2. The van der Waals surface area contributed by atoms with Gasteiger partial charge in [0.25, 0.3) is 0 Å². The molecule has 1 aliphatic heterocycles. The van der Waals surface area contributed by atoms with Crippen molar-refractivity contribution in [2.75, 3.05) is 19.5 Å². The first kappa shape index (κ1) is 24.4. The van der Waals surface area contributed by atoms with Crippen LogP contribution in [-0.4, -0.2) is 45.0 Å². The van der Waals surface area contributed by atoms with Crippen molar-refractivity contribution in [3.63, 3.8) is 0 Å². The number of rotatable bonds is 7. The summed E-state index contributed by atoms with van der Waals surface area (Å²) in [6.07, 6.45) is 0. The number of halogens is 1. The zero-order chi connectivity index (χ0) is 25.3. The number of phenols is 1. The number of nitro benzene ring substituents is 1. The topological polar surface area (TPSA) is 142 Å². The molecule has 1 unspecified atom stereocenters. The first-order valence-corrected chi connectivity index (χ1v) is 11.6. The van der Waals surface area contributed by atoms with Gasteiger partial charge in [0.05, 0.1) is 24.7 Å². The molecule has 2 heterocycles. The molecule has 0 spiro atoms. The number of nitro groups is 1. The van der Waals surface area contributed by atoms with E-state index >= 15 is 0 Å². The molecule has 0 aliphatic carbocycles. The van der Waals surface area contributed by atoms with E-state index in [-0.39, 0.29) is 16.9 Å². The van der Waals surface area contributed by atoms with Crippen molar-refractivity contribution < 1.29 is 24.3 Å². The number of nitrogens with zero attached hydrogens (tertiary/aromatic N) is 4. The molecule has 1 aromatic heterocycles. The number of thioether (sulfide) groups is 1. The molecule has 3 aromatic rings. The van der Waals surface area contributed by atoms with E-state index in [1.165, 1.54) is 42.8 Å². The Morgan fingerprint density at radius 2 is 2.09 bits per heavy atom. The Labute approximate surface area is 208 Å². The van der Waals surface area contributed by atoms with E-state index in [0.717, 1.165) is 5.56 Å². The molecule has 0 bridgehead atoms. The van der Waals surface area contributed by atoms with Crippen molar-refractivity contribution in [1.82, 2.24) is 14.8 Å². The number of fused-ring (bicyclic) bond motifs is 1. The van der Waals surface area contributed by atoms with Crippen LogP contribution in [0.1, 0.15) is 24.1 Å². The number of aromatic nitrogens is 3. The van der Waals surface area contributed by atoms with Crippen molar-refractivity contribution in [1.29, 1.82) is 0 Å². The number of esters is 1. The predicted octanol–water partition coefficient (Wildman–Crippen LogP) is 4.31. The molecule has 0 amide bonds. The fourth-order valence-corrected chi connectivity index (χ4v) is 4.81. The van der Waals surface area contributed by atoms with E-state index in [1.54, 1.807) is 13.0 Å². The number of allylic oxidation sites excluding steroid dienone is 1. The number of anilines is 1. The van der Waals surface area contributed by atoms with Crippen LogP contribution < -0.4 is 10.1 Å². The lowest BCUT2D eigenvalue weighted by Crippen LogP contribution is -2.29. The molecule has 13 heteroatoms. The summed E-state index contributed by atoms with van der Waals surface area (Å²) in [5.41, 5.74) is 1.23. The van der Waals surface area contributed by atoms with Crippen LogP contribution in [0, 0.1) is 10.1 Å². The minimum Gasteiger partial charge on any atom is -0.500 e. The van der Waals surface area contributed by atoms with Crippen LogP contribution in [0.4, 0.5) is 11.6 Å². The molecular formula is C22H20ClN5O6S.